The van der Waals surface area contributed by atoms with E-state index in [-0.39, 0.29) is 17.2 Å². The molecule has 124 valence electrons. The summed E-state index contributed by atoms with van der Waals surface area (Å²) in [7, 11) is 1.52. The number of ether oxygens (including phenoxy) is 1. The van der Waals surface area contributed by atoms with Crippen LogP contribution in [0.15, 0.2) is 35.5 Å². The van der Waals surface area contributed by atoms with Crippen LogP contribution in [0.1, 0.15) is 28.8 Å². The molecule has 0 radical (unpaired) electrons. The van der Waals surface area contributed by atoms with Gasteiger partial charge in [0.05, 0.1) is 18.2 Å². The van der Waals surface area contributed by atoms with Crippen molar-refractivity contribution in [1.29, 1.82) is 0 Å². The highest BCUT2D eigenvalue weighted by molar-refractivity contribution is 6.13. The van der Waals surface area contributed by atoms with Crippen LogP contribution in [0.2, 0.25) is 0 Å². The Kier molecular flexibility index (Phi) is 4.81. The summed E-state index contributed by atoms with van der Waals surface area (Å²) >= 11 is 0. The maximum atomic E-state index is 12.7. The second kappa shape index (κ2) is 7.18. The van der Waals surface area contributed by atoms with Gasteiger partial charge in [-0.15, -0.1) is 0 Å². The zero-order chi connectivity index (χ0) is 16.9. The first kappa shape index (κ1) is 16.1. The first-order valence-electron chi connectivity index (χ1n) is 7.76. The molecule has 3 N–H and O–H groups in total. The molecule has 2 aromatic rings. The Morgan fingerprint density at radius 2 is 2.00 bits per heavy atom. The van der Waals surface area contributed by atoms with E-state index in [0.717, 1.165) is 31.6 Å². The molecule has 2 heterocycles. The van der Waals surface area contributed by atoms with E-state index in [1.807, 2.05) is 0 Å². The maximum Gasteiger partial charge on any atom is 0.251 e. The molecule has 1 aromatic carbocycles. The number of anilines is 1. The summed E-state index contributed by atoms with van der Waals surface area (Å²) in [5, 5.41) is 3.26. The third-order valence-corrected chi connectivity index (χ3v) is 3.84. The third-order valence-electron chi connectivity index (χ3n) is 3.84. The number of hydrogen-bond acceptors (Lipinski definition) is 7. The number of aliphatic imine (C=N–C) groups is 1. The van der Waals surface area contributed by atoms with Crippen molar-refractivity contribution in [2.24, 2.45) is 4.99 Å². The first-order chi connectivity index (χ1) is 11.7. The van der Waals surface area contributed by atoms with Gasteiger partial charge in [-0.2, -0.15) is 4.98 Å². The molecule has 1 aromatic heterocycles. The molecule has 1 aliphatic heterocycles. The van der Waals surface area contributed by atoms with Crippen molar-refractivity contribution in [3.8, 4) is 5.75 Å². The van der Waals surface area contributed by atoms with E-state index in [1.54, 1.807) is 24.3 Å². The maximum absolute atomic E-state index is 12.7. The van der Waals surface area contributed by atoms with Crippen LogP contribution < -0.4 is 15.8 Å². The number of nitrogens with zero attached hydrogens (tertiary/aromatic N) is 3. The van der Waals surface area contributed by atoms with Crippen molar-refractivity contribution < 1.29 is 9.53 Å². The molecule has 7 nitrogen and oxygen atoms in total. The van der Waals surface area contributed by atoms with E-state index in [9.17, 15) is 4.79 Å². The Hall–Kier alpha value is -2.80. The summed E-state index contributed by atoms with van der Waals surface area (Å²) in [5.41, 5.74) is 7.67. The lowest BCUT2D eigenvalue weighted by Crippen LogP contribution is -2.27. The number of ketones is 1. The Balaban J connectivity index is 1.88. The molecule has 3 rings (SSSR count). The number of para-hydroxylation sites is 1. The first-order valence-corrected chi connectivity index (χ1v) is 7.76. The average molecular weight is 325 g/mol. The molecule has 0 atom stereocenters. The van der Waals surface area contributed by atoms with Crippen LogP contribution in [0.3, 0.4) is 0 Å². The summed E-state index contributed by atoms with van der Waals surface area (Å²) in [6.45, 7) is 1.80. The second-order valence-corrected chi connectivity index (χ2v) is 5.43. The number of hydrogen-bond donors (Lipinski definition) is 2. The minimum atomic E-state index is -0.272. The van der Waals surface area contributed by atoms with E-state index in [1.165, 1.54) is 13.3 Å². The van der Waals surface area contributed by atoms with Crippen molar-refractivity contribution in [2.75, 3.05) is 25.9 Å². The molecular weight excluding hydrogens is 306 g/mol. The Morgan fingerprint density at radius 3 is 2.71 bits per heavy atom. The summed E-state index contributed by atoms with van der Waals surface area (Å²) in [6.07, 6.45) is 3.16. The van der Waals surface area contributed by atoms with Gasteiger partial charge < -0.3 is 15.8 Å². The quantitative estimate of drug-likeness (QED) is 0.830. The molecule has 1 aliphatic rings. The van der Waals surface area contributed by atoms with Crippen molar-refractivity contribution in [2.45, 2.75) is 12.8 Å². The predicted molar refractivity (Wildman–Crippen MR) is 92.1 cm³/mol. The number of carbonyl (C=O) groups excluding carboxylic acids is 1. The predicted octanol–water partition coefficient (Wildman–Crippen LogP) is 1.75. The normalized spacial score (nSPS) is 14.3. The summed E-state index contributed by atoms with van der Waals surface area (Å²) in [5.74, 6) is 0.627. The molecule has 0 amide bonds. The molecule has 0 bridgehead atoms. The lowest BCUT2D eigenvalue weighted by molar-refractivity contribution is 0.103. The number of rotatable bonds is 4. The van der Waals surface area contributed by atoms with Crippen molar-refractivity contribution >= 4 is 23.3 Å². The monoisotopic (exact) mass is 325 g/mol. The molecule has 0 unspecified atom stereocenters. The van der Waals surface area contributed by atoms with E-state index in [0.29, 0.717) is 17.3 Å². The molecule has 0 saturated carbocycles. The zero-order valence-corrected chi connectivity index (χ0v) is 13.5. The van der Waals surface area contributed by atoms with Crippen molar-refractivity contribution in [3.63, 3.8) is 0 Å². The number of benzene rings is 1. The van der Waals surface area contributed by atoms with Crippen LogP contribution in [-0.4, -0.2) is 41.7 Å². The topological polar surface area (TPSA) is 102 Å². The number of carbonyl (C=O) groups is 1. The highest BCUT2D eigenvalue weighted by atomic mass is 16.5. The van der Waals surface area contributed by atoms with Crippen molar-refractivity contribution in [3.05, 3.63) is 41.6 Å². The fourth-order valence-electron chi connectivity index (χ4n) is 2.56. The lowest BCUT2D eigenvalue weighted by Gasteiger charge is -2.13. The number of aromatic nitrogens is 2. The molecule has 0 aliphatic carbocycles. The summed E-state index contributed by atoms with van der Waals surface area (Å²) in [4.78, 5) is 25.4. The van der Waals surface area contributed by atoms with Crippen LogP contribution in [0.25, 0.3) is 0 Å². The van der Waals surface area contributed by atoms with E-state index in [4.69, 9.17) is 10.5 Å². The van der Waals surface area contributed by atoms with Crippen LogP contribution in [0, 0.1) is 0 Å². The van der Waals surface area contributed by atoms with Gasteiger partial charge in [0.15, 0.2) is 0 Å². The van der Waals surface area contributed by atoms with Gasteiger partial charge in [-0.25, -0.2) is 9.98 Å². The molecular formula is C17H19N5O2. The second-order valence-electron chi connectivity index (χ2n) is 5.43. The SMILES string of the molecule is COc1ccccc1C(=O)c1cnc(N=C2CCNCC2)nc1N. The average Bonchev–Trinajstić information content (AvgIpc) is 2.62. The Morgan fingerprint density at radius 1 is 1.25 bits per heavy atom. The number of piperidine rings is 1. The molecule has 1 fully saturated rings. The zero-order valence-electron chi connectivity index (χ0n) is 13.5. The summed E-state index contributed by atoms with van der Waals surface area (Å²) in [6, 6.07) is 6.98. The fraction of sp³-hybridized carbons (Fsp3) is 0.294. The molecule has 24 heavy (non-hydrogen) atoms. The van der Waals surface area contributed by atoms with Gasteiger partial charge in [0.2, 0.25) is 5.78 Å². The minimum absolute atomic E-state index is 0.120. The van der Waals surface area contributed by atoms with E-state index >= 15 is 0 Å². The van der Waals surface area contributed by atoms with Gasteiger partial charge in [0.25, 0.3) is 5.95 Å². The van der Waals surface area contributed by atoms with Gasteiger partial charge in [-0.3, -0.25) is 4.79 Å². The molecule has 7 heteroatoms. The van der Waals surface area contributed by atoms with Crippen LogP contribution >= 0.6 is 0 Å². The van der Waals surface area contributed by atoms with Gasteiger partial charge in [-0.1, -0.05) is 12.1 Å². The smallest absolute Gasteiger partial charge is 0.251 e. The van der Waals surface area contributed by atoms with Gasteiger partial charge in [0.1, 0.15) is 11.6 Å². The third kappa shape index (κ3) is 3.41. The van der Waals surface area contributed by atoms with E-state index in [2.05, 4.69) is 20.3 Å². The fourth-order valence-corrected chi connectivity index (χ4v) is 2.56. The van der Waals surface area contributed by atoms with Crippen LogP contribution in [-0.2, 0) is 0 Å². The van der Waals surface area contributed by atoms with Gasteiger partial charge in [0, 0.05) is 25.0 Å². The molecule has 1 saturated heterocycles. The Labute approximate surface area is 140 Å². The standard InChI is InChI=1S/C17H19N5O2/c1-24-14-5-3-2-4-12(14)15(23)13-10-20-17(22-16(13)18)21-11-6-8-19-9-7-11/h2-5,10,19H,6-9H2,1H3,(H2,18,20,22). The molecule has 0 spiro atoms. The largest absolute Gasteiger partial charge is 0.496 e. The van der Waals surface area contributed by atoms with Gasteiger partial charge in [-0.05, 0) is 25.0 Å². The highest BCUT2D eigenvalue weighted by Gasteiger charge is 2.18. The van der Waals surface area contributed by atoms with E-state index < -0.39 is 0 Å². The number of nitrogens with two attached hydrogens (primary N) is 1. The lowest BCUT2D eigenvalue weighted by atomic mass is 10.0. The number of nitrogens with one attached hydrogen (secondary N) is 1. The van der Waals surface area contributed by atoms with Gasteiger partial charge >= 0.3 is 0 Å². The number of nitrogen functional groups attached to an aromatic ring is 1. The summed E-state index contributed by atoms with van der Waals surface area (Å²) < 4.78 is 5.22. The van der Waals surface area contributed by atoms with Crippen LogP contribution in [0.5, 0.6) is 5.75 Å². The highest BCUT2D eigenvalue weighted by Crippen LogP contribution is 2.23. The number of methoxy groups -OCH3 is 1. The Bertz CT molecular complexity index is 780. The van der Waals surface area contributed by atoms with Crippen molar-refractivity contribution in [1.82, 2.24) is 15.3 Å². The minimum Gasteiger partial charge on any atom is -0.496 e. The van der Waals surface area contributed by atoms with Crippen LogP contribution in [0.4, 0.5) is 11.8 Å².